The van der Waals surface area contributed by atoms with Gasteiger partial charge >= 0.3 is 0 Å². The van der Waals surface area contributed by atoms with E-state index in [1.54, 1.807) is 6.07 Å². The van der Waals surface area contributed by atoms with Crippen molar-refractivity contribution < 1.29 is 9.59 Å². The van der Waals surface area contributed by atoms with Crippen molar-refractivity contribution in [2.24, 2.45) is 0 Å². The van der Waals surface area contributed by atoms with E-state index in [0.29, 0.717) is 12.0 Å². The molecule has 29 heavy (non-hydrogen) atoms. The Balaban J connectivity index is 1.68. The van der Waals surface area contributed by atoms with Crippen LogP contribution in [-0.2, 0) is 4.79 Å². The van der Waals surface area contributed by atoms with Gasteiger partial charge in [-0.25, -0.2) is 4.98 Å². The van der Waals surface area contributed by atoms with E-state index >= 15 is 0 Å². The van der Waals surface area contributed by atoms with Gasteiger partial charge in [-0.15, -0.1) is 0 Å². The highest BCUT2D eigenvalue weighted by molar-refractivity contribution is 6.29. The molecule has 0 radical (unpaired) electrons. The number of amides is 2. The van der Waals surface area contributed by atoms with Crippen molar-refractivity contribution in [3.05, 3.63) is 53.3 Å². The summed E-state index contributed by atoms with van der Waals surface area (Å²) in [4.78, 5) is 31.7. The number of halogens is 1. The summed E-state index contributed by atoms with van der Waals surface area (Å²) in [6.45, 7) is 4.14. The van der Waals surface area contributed by atoms with Crippen LogP contribution in [0.3, 0.4) is 0 Å². The zero-order valence-electron chi connectivity index (χ0n) is 16.7. The highest BCUT2D eigenvalue weighted by atomic mass is 35.5. The molecule has 1 aromatic heterocycles. The number of unbranched alkanes of at least 4 members (excludes halogenated alkanes) is 1. The van der Waals surface area contributed by atoms with Gasteiger partial charge in [0.1, 0.15) is 11.2 Å². The van der Waals surface area contributed by atoms with Crippen molar-refractivity contribution in [1.82, 2.24) is 10.3 Å². The minimum atomic E-state index is -0.621. The lowest BCUT2D eigenvalue weighted by molar-refractivity contribution is -0.118. The average Bonchev–Trinajstić information content (AvgIpc) is 3.26. The minimum Gasteiger partial charge on any atom is -0.371 e. The van der Waals surface area contributed by atoms with Gasteiger partial charge in [-0.3, -0.25) is 9.59 Å². The van der Waals surface area contributed by atoms with Crippen LogP contribution in [0.4, 0.5) is 11.4 Å². The van der Waals surface area contributed by atoms with Gasteiger partial charge in [0.25, 0.3) is 5.91 Å². The molecule has 0 saturated carbocycles. The van der Waals surface area contributed by atoms with Crippen LogP contribution < -0.4 is 15.5 Å². The highest BCUT2D eigenvalue weighted by Crippen LogP contribution is 2.23. The van der Waals surface area contributed by atoms with Gasteiger partial charge in [0.15, 0.2) is 0 Å². The lowest BCUT2D eigenvalue weighted by atomic mass is 10.1. The molecule has 1 aromatic carbocycles. The number of aromatic nitrogens is 1. The first-order valence-electron chi connectivity index (χ1n) is 10.1. The van der Waals surface area contributed by atoms with E-state index in [2.05, 4.69) is 33.5 Å². The lowest BCUT2D eigenvalue weighted by Crippen LogP contribution is -2.43. The van der Waals surface area contributed by atoms with Crippen LogP contribution in [0.5, 0.6) is 0 Å². The van der Waals surface area contributed by atoms with Crippen LogP contribution in [-0.4, -0.2) is 35.9 Å². The minimum absolute atomic E-state index is 0.217. The van der Waals surface area contributed by atoms with Crippen molar-refractivity contribution >= 4 is 34.8 Å². The van der Waals surface area contributed by atoms with E-state index < -0.39 is 6.04 Å². The second kappa shape index (κ2) is 10.3. The van der Waals surface area contributed by atoms with Gasteiger partial charge in [-0.1, -0.05) is 37.4 Å². The first-order chi connectivity index (χ1) is 14.1. The summed E-state index contributed by atoms with van der Waals surface area (Å²) < 4.78 is 0. The van der Waals surface area contributed by atoms with Crippen molar-refractivity contribution in [1.29, 1.82) is 0 Å². The Morgan fingerprint density at radius 1 is 1.21 bits per heavy atom. The van der Waals surface area contributed by atoms with Gasteiger partial charge in [0, 0.05) is 36.2 Å². The van der Waals surface area contributed by atoms with E-state index in [1.807, 2.05) is 18.2 Å². The molecule has 2 aromatic rings. The van der Waals surface area contributed by atoms with E-state index in [0.717, 1.165) is 37.3 Å². The molecule has 1 fully saturated rings. The number of hydrogen-bond acceptors (Lipinski definition) is 4. The third-order valence-corrected chi connectivity index (χ3v) is 5.25. The van der Waals surface area contributed by atoms with E-state index in [9.17, 15) is 9.59 Å². The zero-order chi connectivity index (χ0) is 20.6. The number of hydrogen-bond donors (Lipinski definition) is 2. The fraction of sp³-hybridized carbons (Fsp3) is 0.409. The van der Waals surface area contributed by atoms with Gasteiger partial charge in [-0.05, 0) is 49.6 Å². The summed E-state index contributed by atoms with van der Waals surface area (Å²) in [5.74, 6) is -0.554. The van der Waals surface area contributed by atoms with Crippen molar-refractivity contribution in [3.8, 4) is 0 Å². The van der Waals surface area contributed by atoms with Gasteiger partial charge in [0.05, 0.1) is 0 Å². The number of anilines is 2. The Bertz CT molecular complexity index is 852. The monoisotopic (exact) mass is 414 g/mol. The SMILES string of the molecule is CCCCC(NC(=O)c1ccnc(Cl)c1)C(=O)Nc1cccc(N2CCCC2)c1. The normalized spacial score (nSPS) is 14.5. The van der Waals surface area contributed by atoms with Crippen LogP contribution >= 0.6 is 11.6 Å². The first-order valence-corrected chi connectivity index (χ1v) is 10.5. The van der Waals surface area contributed by atoms with Crippen molar-refractivity contribution in [2.75, 3.05) is 23.3 Å². The summed E-state index contributed by atoms with van der Waals surface area (Å²) >= 11 is 5.87. The topological polar surface area (TPSA) is 74.3 Å². The van der Waals surface area contributed by atoms with Gasteiger partial charge < -0.3 is 15.5 Å². The third kappa shape index (κ3) is 5.94. The number of carbonyl (C=O) groups is 2. The number of nitrogens with one attached hydrogen (secondary N) is 2. The molecule has 0 spiro atoms. The van der Waals surface area contributed by atoms with E-state index in [4.69, 9.17) is 11.6 Å². The molecule has 0 aliphatic carbocycles. The molecule has 154 valence electrons. The summed E-state index contributed by atoms with van der Waals surface area (Å²) in [5.41, 5.74) is 2.23. The molecule has 1 aliphatic heterocycles. The van der Waals surface area contributed by atoms with Crippen molar-refractivity contribution in [2.45, 2.75) is 45.1 Å². The smallest absolute Gasteiger partial charge is 0.252 e. The maximum Gasteiger partial charge on any atom is 0.252 e. The largest absolute Gasteiger partial charge is 0.371 e. The van der Waals surface area contributed by atoms with Gasteiger partial charge in [-0.2, -0.15) is 0 Å². The maximum absolute atomic E-state index is 12.9. The molecule has 1 aliphatic rings. The molecular formula is C22H27ClN4O2. The molecule has 7 heteroatoms. The summed E-state index contributed by atoms with van der Waals surface area (Å²) in [6.07, 6.45) is 6.21. The van der Waals surface area contributed by atoms with Crippen LogP contribution in [0.2, 0.25) is 5.15 Å². The molecule has 2 N–H and O–H groups in total. The highest BCUT2D eigenvalue weighted by Gasteiger charge is 2.22. The number of rotatable bonds is 8. The zero-order valence-corrected chi connectivity index (χ0v) is 17.4. The first kappa shape index (κ1) is 21.1. The maximum atomic E-state index is 12.9. The molecule has 1 unspecified atom stereocenters. The molecule has 3 rings (SSSR count). The predicted octanol–water partition coefficient (Wildman–Crippen LogP) is 4.26. The summed E-state index contributed by atoms with van der Waals surface area (Å²) in [5, 5.41) is 6.04. The fourth-order valence-corrected chi connectivity index (χ4v) is 3.62. The molecular weight excluding hydrogens is 388 g/mol. The summed E-state index contributed by atoms with van der Waals surface area (Å²) in [7, 11) is 0. The third-order valence-electron chi connectivity index (χ3n) is 5.04. The van der Waals surface area contributed by atoms with Crippen molar-refractivity contribution in [3.63, 3.8) is 0 Å². The fourth-order valence-electron chi connectivity index (χ4n) is 3.45. The van der Waals surface area contributed by atoms with E-state index in [-0.39, 0.29) is 17.0 Å². The van der Waals surface area contributed by atoms with Crippen LogP contribution in [0.15, 0.2) is 42.6 Å². The quantitative estimate of drug-likeness (QED) is 0.633. The molecule has 6 nitrogen and oxygen atoms in total. The van der Waals surface area contributed by atoms with Gasteiger partial charge in [0.2, 0.25) is 5.91 Å². The Morgan fingerprint density at radius 2 is 2.00 bits per heavy atom. The molecule has 1 atom stereocenters. The average molecular weight is 415 g/mol. The van der Waals surface area contributed by atoms with Crippen LogP contribution in [0.25, 0.3) is 0 Å². The standard InChI is InChI=1S/C22H27ClN4O2/c1-2-3-9-19(26-21(28)16-10-11-24-20(23)14-16)22(29)25-17-7-6-8-18(15-17)27-12-4-5-13-27/h6-8,10-11,14-15,19H,2-5,9,12-13H2,1H3,(H,25,29)(H,26,28). The Kier molecular flexibility index (Phi) is 7.47. The molecule has 0 bridgehead atoms. The second-order valence-electron chi connectivity index (χ2n) is 7.27. The second-order valence-corrected chi connectivity index (χ2v) is 7.66. The Morgan fingerprint density at radius 3 is 2.72 bits per heavy atom. The predicted molar refractivity (Wildman–Crippen MR) is 117 cm³/mol. The Hall–Kier alpha value is -2.60. The number of nitrogens with zero attached hydrogens (tertiary/aromatic N) is 2. The van der Waals surface area contributed by atoms with Crippen LogP contribution in [0, 0.1) is 0 Å². The molecule has 2 heterocycles. The Labute approximate surface area is 176 Å². The number of benzene rings is 1. The molecule has 2 amide bonds. The lowest BCUT2D eigenvalue weighted by Gasteiger charge is -2.21. The number of pyridine rings is 1. The van der Waals surface area contributed by atoms with E-state index in [1.165, 1.54) is 25.1 Å². The number of carbonyl (C=O) groups excluding carboxylic acids is 2. The van der Waals surface area contributed by atoms with Crippen LogP contribution in [0.1, 0.15) is 49.4 Å². The molecule has 1 saturated heterocycles. The summed E-state index contributed by atoms with van der Waals surface area (Å²) in [6, 6.07) is 10.3.